The molecule has 3 rings (SSSR count). The molecule has 0 fully saturated rings. The van der Waals surface area contributed by atoms with Gasteiger partial charge in [-0.3, -0.25) is 9.59 Å². The first kappa shape index (κ1) is 20.7. The van der Waals surface area contributed by atoms with Crippen molar-refractivity contribution >= 4 is 23.2 Å². The van der Waals surface area contributed by atoms with E-state index in [2.05, 4.69) is 0 Å². The van der Waals surface area contributed by atoms with Crippen molar-refractivity contribution in [2.45, 2.75) is 59.3 Å². The first-order valence-corrected chi connectivity index (χ1v) is 9.94. The molecule has 0 aliphatic heterocycles. The number of halogens is 1. The van der Waals surface area contributed by atoms with Gasteiger partial charge in [0.25, 0.3) is 0 Å². The Balaban J connectivity index is 2.25. The second-order valence-electron chi connectivity index (χ2n) is 9.56. The van der Waals surface area contributed by atoms with Gasteiger partial charge in [0.1, 0.15) is 11.5 Å². The highest BCUT2D eigenvalue weighted by atomic mass is 35.5. The SMILES string of the molecule is CC1(C)CC(=O)C(C(C2=C(O)CC(C)(C)CC2=O)c2ccccc2Cl)=C(O)C1. The molecule has 2 N–H and O–H groups in total. The maximum absolute atomic E-state index is 13.1. The Hall–Kier alpha value is -2.07. The molecule has 0 unspecified atom stereocenters. The molecule has 0 radical (unpaired) electrons. The summed E-state index contributed by atoms with van der Waals surface area (Å²) in [6.07, 6.45) is 1.20. The molecule has 1 aromatic rings. The molecule has 2 aliphatic carbocycles. The molecule has 0 spiro atoms. The van der Waals surface area contributed by atoms with Crippen molar-refractivity contribution in [3.05, 3.63) is 57.5 Å². The van der Waals surface area contributed by atoms with E-state index in [1.165, 1.54) is 0 Å². The number of allylic oxidation sites excluding steroid dienone is 4. The smallest absolute Gasteiger partial charge is 0.163 e. The van der Waals surface area contributed by atoms with Crippen LogP contribution in [0.15, 0.2) is 46.9 Å². The Bertz CT molecular complexity index is 853. The van der Waals surface area contributed by atoms with E-state index in [0.29, 0.717) is 23.4 Å². The summed E-state index contributed by atoms with van der Waals surface area (Å²) >= 11 is 6.43. The van der Waals surface area contributed by atoms with Gasteiger partial charge < -0.3 is 10.2 Å². The van der Waals surface area contributed by atoms with E-state index in [-0.39, 0.29) is 57.9 Å². The van der Waals surface area contributed by atoms with Crippen LogP contribution in [-0.4, -0.2) is 21.8 Å². The van der Waals surface area contributed by atoms with Crippen molar-refractivity contribution < 1.29 is 19.8 Å². The third kappa shape index (κ3) is 3.88. The Morgan fingerprint density at radius 2 is 1.25 bits per heavy atom. The molecule has 0 atom stereocenters. The van der Waals surface area contributed by atoms with Gasteiger partial charge >= 0.3 is 0 Å². The van der Waals surface area contributed by atoms with E-state index < -0.39 is 5.92 Å². The molecular weight excluding hydrogens is 376 g/mol. The van der Waals surface area contributed by atoms with Gasteiger partial charge in [0.05, 0.1) is 0 Å². The van der Waals surface area contributed by atoms with E-state index in [1.807, 2.05) is 27.7 Å². The first-order chi connectivity index (χ1) is 12.9. The predicted octanol–water partition coefficient (Wildman–Crippen LogP) is 5.83. The van der Waals surface area contributed by atoms with Crippen LogP contribution in [0, 0.1) is 10.8 Å². The largest absolute Gasteiger partial charge is 0.512 e. The normalized spacial score (nSPS) is 22.2. The second kappa shape index (κ2) is 7.07. The highest BCUT2D eigenvalue weighted by Crippen LogP contribution is 2.48. The molecule has 4 nitrogen and oxygen atoms in total. The highest BCUT2D eigenvalue weighted by molar-refractivity contribution is 6.31. The molecule has 1 aromatic carbocycles. The Labute approximate surface area is 170 Å². The van der Waals surface area contributed by atoms with E-state index in [0.717, 1.165) is 0 Å². The van der Waals surface area contributed by atoms with Crippen LogP contribution in [0.5, 0.6) is 0 Å². The second-order valence-corrected chi connectivity index (χ2v) is 9.96. The van der Waals surface area contributed by atoms with Crippen LogP contribution in [0.3, 0.4) is 0 Å². The van der Waals surface area contributed by atoms with Crippen LogP contribution in [0.25, 0.3) is 0 Å². The van der Waals surface area contributed by atoms with Gasteiger partial charge in [0, 0.05) is 47.8 Å². The van der Waals surface area contributed by atoms with Crippen molar-refractivity contribution in [1.29, 1.82) is 0 Å². The van der Waals surface area contributed by atoms with Crippen molar-refractivity contribution in [1.82, 2.24) is 0 Å². The summed E-state index contributed by atoms with van der Waals surface area (Å²) < 4.78 is 0. The van der Waals surface area contributed by atoms with Crippen LogP contribution in [-0.2, 0) is 9.59 Å². The molecule has 0 amide bonds. The predicted molar refractivity (Wildman–Crippen MR) is 110 cm³/mol. The lowest BCUT2D eigenvalue weighted by atomic mass is 9.67. The van der Waals surface area contributed by atoms with Crippen molar-refractivity contribution in [3.63, 3.8) is 0 Å². The summed E-state index contributed by atoms with van der Waals surface area (Å²) in [5.41, 5.74) is 0.201. The number of aliphatic hydroxyl groups is 2. The number of carbonyl (C=O) groups is 2. The minimum atomic E-state index is -0.860. The van der Waals surface area contributed by atoms with Crippen LogP contribution < -0.4 is 0 Å². The topological polar surface area (TPSA) is 74.6 Å². The summed E-state index contributed by atoms with van der Waals surface area (Å²) in [6.45, 7) is 7.70. The van der Waals surface area contributed by atoms with Crippen LogP contribution >= 0.6 is 11.6 Å². The molecule has 5 heteroatoms. The maximum atomic E-state index is 13.1. The molecule has 28 heavy (non-hydrogen) atoms. The number of aliphatic hydroxyl groups excluding tert-OH is 2. The summed E-state index contributed by atoms with van der Waals surface area (Å²) in [5.74, 6) is -1.33. The van der Waals surface area contributed by atoms with E-state index in [1.54, 1.807) is 24.3 Å². The summed E-state index contributed by atoms with van der Waals surface area (Å²) in [5, 5.41) is 22.0. The number of ketones is 2. The maximum Gasteiger partial charge on any atom is 0.163 e. The number of carbonyl (C=O) groups excluding carboxylic acids is 2. The van der Waals surface area contributed by atoms with Gasteiger partial charge in [-0.25, -0.2) is 0 Å². The third-order valence-corrected chi connectivity index (χ3v) is 5.93. The fourth-order valence-electron chi connectivity index (χ4n) is 4.42. The third-order valence-electron chi connectivity index (χ3n) is 5.59. The van der Waals surface area contributed by atoms with Gasteiger partial charge in [-0.2, -0.15) is 0 Å². The average molecular weight is 403 g/mol. The molecule has 0 aromatic heterocycles. The zero-order valence-corrected chi connectivity index (χ0v) is 17.6. The number of benzene rings is 1. The number of Topliss-reactive ketones (excluding diaryl/α,β-unsaturated/α-hetero) is 2. The Morgan fingerprint density at radius 3 is 1.64 bits per heavy atom. The molecule has 0 bridgehead atoms. The molecule has 2 aliphatic rings. The lowest BCUT2D eigenvalue weighted by molar-refractivity contribution is -0.119. The standard InChI is InChI=1S/C23H27ClO4/c1-22(2)9-15(25)20(16(26)10-22)19(13-7-5-6-8-14(13)24)21-17(27)11-23(3,4)12-18(21)28/h5-8,19,25,27H,9-12H2,1-4H3. The summed E-state index contributed by atoms with van der Waals surface area (Å²) in [4.78, 5) is 26.1. The van der Waals surface area contributed by atoms with Gasteiger partial charge in [0.2, 0.25) is 0 Å². The molecule has 150 valence electrons. The van der Waals surface area contributed by atoms with Gasteiger partial charge in [-0.05, 0) is 22.5 Å². The average Bonchev–Trinajstić information content (AvgIpc) is 2.50. The lowest BCUT2D eigenvalue weighted by Crippen LogP contribution is -2.33. The van der Waals surface area contributed by atoms with Crippen LogP contribution in [0.2, 0.25) is 5.02 Å². The Morgan fingerprint density at radius 1 is 0.821 bits per heavy atom. The van der Waals surface area contributed by atoms with E-state index >= 15 is 0 Å². The minimum Gasteiger partial charge on any atom is -0.512 e. The number of rotatable bonds is 3. The quantitative estimate of drug-likeness (QED) is 0.667. The molecule has 0 heterocycles. The van der Waals surface area contributed by atoms with Crippen molar-refractivity contribution in [3.8, 4) is 0 Å². The summed E-state index contributed by atoms with van der Waals surface area (Å²) in [6, 6.07) is 6.97. The number of hydrogen-bond donors (Lipinski definition) is 2. The lowest BCUT2D eigenvalue weighted by Gasteiger charge is -2.36. The van der Waals surface area contributed by atoms with Crippen molar-refractivity contribution in [2.24, 2.45) is 10.8 Å². The van der Waals surface area contributed by atoms with E-state index in [9.17, 15) is 19.8 Å². The van der Waals surface area contributed by atoms with Crippen LogP contribution in [0.4, 0.5) is 0 Å². The van der Waals surface area contributed by atoms with Gasteiger partial charge in [0.15, 0.2) is 11.6 Å². The number of hydrogen-bond acceptors (Lipinski definition) is 4. The minimum absolute atomic E-state index is 0.0240. The zero-order valence-electron chi connectivity index (χ0n) is 16.8. The fraction of sp³-hybridized carbons (Fsp3) is 0.478. The van der Waals surface area contributed by atoms with Crippen molar-refractivity contribution in [2.75, 3.05) is 0 Å². The summed E-state index contributed by atoms with van der Waals surface area (Å²) in [7, 11) is 0. The monoisotopic (exact) mass is 402 g/mol. The molecule has 0 saturated heterocycles. The zero-order chi connectivity index (χ0) is 20.9. The van der Waals surface area contributed by atoms with E-state index in [4.69, 9.17) is 11.6 Å². The van der Waals surface area contributed by atoms with Crippen LogP contribution in [0.1, 0.15) is 64.9 Å². The first-order valence-electron chi connectivity index (χ1n) is 9.57. The molecule has 0 saturated carbocycles. The Kier molecular flexibility index (Phi) is 5.22. The molecular formula is C23H27ClO4. The fourth-order valence-corrected chi connectivity index (χ4v) is 4.67. The highest BCUT2D eigenvalue weighted by Gasteiger charge is 2.44. The van der Waals surface area contributed by atoms with Gasteiger partial charge in [-0.15, -0.1) is 0 Å². The van der Waals surface area contributed by atoms with Gasteiger partial charge in [-0.1, -0.05) is 57.5 Å².